The smallest absolute Gasteiger partial charge is 0.176 e. The van der Waals surface area contributed by atoms with Crippen LogP contribution in [0.25, 0.3) is 0 Å². The van der Waals surface area contributed by atoms with Gasteiger partial charge in [0, 0.05) is 8.95 Å². The first kappa shape index (κ1) is 11.3. The van der Waals surface area contributed by atoms with E-state index in [-0.39, 0.29) is 16.7 Å². The standard InChI is InChI=1S/C8H4Br3FO/c9-3-8(13)4-1-5(10)6(11)2-7(4)12/h1-2H,3H2. The number of halogens is 4. The number of ketones is 1. The summed E-state index contributed by atoms with van der Waals surface area (Å²) in [5.41, 5.74) is 0.0898. The summed E-state index contributed by atoms with van der Waals surface area (Å²) in [6, 6.07) is 2.73. The summed E-state index contributed by atoms with van der Waals surface area (Å²) in [4.78, 5) is 11.2. The molecular weight excluding hydrogens is 371 g/mol. The SMILES string of the molecule is O=C(CBr)c1cc(Br)c(Br)cc1F. The largest absolute Gasteiger partial charge is 0.293 e. The Labute approximate surface area is 100 Å². The number of rotatable bonds is 2. The highest BCUT2D eigenvalue weighted by Crippen LogP contribution is 2.26. The Balaban J connectivity index is 3.23. The summed E-state index contributed by atoms with van der Waals surface area (Å²) < 4.78 is 14.4. The second kappa shape index (κ2) is 4.66. The average Bonchev–Trinajstić information content (AvgIpc) is 2.10. The van der Waals surface area contributed by atoms with Gasteiger partial charge in [0.2, 0.25) is 0 Å². The van der Waals surface area contributed by atoms with E-state index in [0.717, 1.165) is 0 Å². The van der Waals surface area contributed by atoms with Crippen LogP contribution >= 0.6 is 47.8 Å². The van der Waals surface area contributed by atoms with Crippen LogP contribution in [0.3, 0.4) is 0 Å². The first-order valence-corrected chi connectivity index (χ1v) is 6.00. The molecule has 0 bridgehead atoms. The van der Waals surface area contributed by atoms with Gasteiger partial charge < -0.3 is 0 Å². The van der Waals surface area contributed by atoms with Crippen LogP contribution in [0.1, 0.15) is 10.4 Å². The van der Waals surface area contributed by atoms with Crippen LogP contribution in [-0.4, -0.2) is 11.1 Å². The fourth-order valence-corrected chi connectivity index (χ4v) is 1.77. The van der Waals surface area contributed by atoms with Crippen molar-refractivity contribution in [1.82, 2.24) is 0 Å². The van der Waals surface area contributed by atoms with E-state index in [1.165, 1.54) is 12.1 Å². The molecule has 0 spiro atoms. The molecule has 0 aliphatic carbocycles. The van der Waals surface area contributed by atoms with Crippen molar-refractivity contribution >= 4 is 53.6 Å². The van der Waals surface area contributed by atoms with Gasteiger partial charge in [0.1, 0.15) is 5.82 Å². The van der Waals surface area contributed by atoms with Crippen LogP contribution in [0.2, 0.25) is 0 Å². The van der Waals surface area contributed by atoms with Gasteiger partial charge in [-0.15, -0.1) is 0 Å². The Kier molecular flexibility index (Phi) is 4.06. The minimum Gasteiger partial charge on any atom is -0.293 e. The summed E-state index contributed by atoms with van der Waals surface area (Å²) >= 11 is 9.32. The molecule has 0 aliphatic heterocycles. The molecule has 0 heterocycles. The van der Waals surface area contributed by atoms with E-state index in [0.29, 0.717) is 8.95 Å². The van der Waals surface area contributed by atoms with Gasteiger partial charge >= 0.3 is 0 Å². The predicted molar refractivity (Wildman–Crippen MR) is 59.9 cm³/mol. The maximum atomic E-state index is 13.2. The zero-order chi connectivity index (χ0) is 10.0. The van der Waals surface area contributed by atoms with E-state index in [4.69, 9.17) is 0 Å². The molecule has 0 saturated carbocycles. The Hall–Kier alpha value is 0.260. The van der Waals surface area contributed by atoms with Crippen molar-refractivity contribution in [2.75, 3.05) is 5.33 Å². The lowest BCUT2D eigenvalue weighted by Crippen LogP contribution is -2.03. The number of hydrogen-bond donors (Lipinski definition) is 0. The van der Waals surface area contributed by atoms with Crippen molar-refractivity contribution in [3.8, 4) is 0 Å². The minimum atomic E-state index is -0.514. The summed E-state index contributed by atoms with van der Waals surface area (Å²) in [6.07, 6.45) is 0. The first-order valence-electron chi connectivity index (χ1n) is 3.30. The van der Waals surface area contributed by atoms with E-state index in [1.54, 1.807) is 0 Å². The highest BCUT2D eigenvalue weighted by molar-refractivity contribution is 9.13. The Morgan fingerprint density at radius 3 is 2.38 bits per heavy atom. The van der Waals surface area contributed by atoms with Gasteiger partial charge in [0.25, 0.3) is 0 Å². The van der Waals surface area contributed by atoms with Crippen molar-refractivity contribution < 1.29 is 9.18 Å². The van der Waals surface area contributed by atoms with Gasteiger partial charge in [-0.25, -0.2) is 4.39 Å². The maximum Gasteiger partial charge on any atom is 0.176 e. The fraction of sp³-hybridized carbons (Fsp3) is 0.125. The molecule has 1 aromatic rings. The zero-order valence-electron chi connectivity index (χ0n) is 6.28. The number of hydrogen-bond acceptors (Lipinski definition) is 1. The van der Waals surface area contributed by atoms with Crippen LogP contribution in [0.4, 0.5) is 4.39 Å². The Bertz CT molecular complexity index is 351. The molecule has 1 aromatic carbocycles. The second-order valence-corrected chi connectivity index (χ2v) is 4.57. The quantitative estimate of drug-likeness (QED) is 0.435. The zero-order valence-corrected chi connectivity index (χ0v) is 11.0. The van der Waals surface area contributed by atoms with E-state index in [1.807, 2.05) is 0 Å². The highest BCUT2D eigenvalue weighted by atomic mass is 79.9. The maximum absolute atomic E-state index is 13.2. The molecule has 0 aromatic heterocycles. The van der Waals surface area contributed by atoms with Gasteiger partial charge in [-0.2, -0.15) is 0 Å². The highest BCUT2D eigenvalue weighted by Gasteiger charge is 2.12. The molecule has 70 valence electrons. The normalized spacial score (nSPS) is 10.2. The second-order valence-electron chi connectivity index (χ2n) is 2.30. The summed E-state index contributed by atoms with van der Waals surface area (Å²) in [5, 5.41) is 0.123. The minimum absolute atomic E-state index is 0.0898. The third-order valence-electron chi connectivity index (χ3n) is 1.43. The number of alkyl halides is 1. The lowest BCUT2D eigenvalue weighted by Gasteiger charge is -2.02. The molecule has 0 atom stereocenters. The van der Waals surface area contributed by atoms with Crippen LogP contribution < -0.4 is 0 Å². The van der Waals surface area contributed by atoms with E-state index >= 15 is 0 Å². The number of Topliss-reactive ketones (excluding diaryl/α,β-unsaturated/α-hetero) is 1. The number of carbonyl (C=O) groups is 1. The van der Waals surface area contributed by atoms with Crippen molar-refractivity contribution in [2.45, 2.75) is 0 Å². The topological polar surface area (TPSA) is 17.1 Å². The lowest BCUT2D eigenvalue weighted by atomic mass is 10.1. The first-order chi connectivity index (χ1) is 6.06. The number of benzene rings is 1. The predicted octanol–water partition coefficient (Wildman–Crippen LogP) is 3.93. The van der Waals surface area contributed by atoms with E-state index < -0.39 is 5.82 Å². The molecule has 1 nitrogen and oxygen atoms in total. The molecule has 1 rings (SSSR count). The third kappa shape index (κ3) is 2.60. The molecule has 0 amide bonds. The average molecular weight is 375 g/mol. The monoisotopic (exact) mass is 372 g/mol. The van der Waals surface area contributed by atoms with E-state index in [2.05, 4.69) is 47.8 Å². The van der Waals surface area contributed by atoms with Crippen molar-refractivity contribution in [3.05, 3.63) is 32.5 Å². The molecule has 0 saturated heterocycles. The molecule has 0 unspecified atom stereocenters. The third-order valence-corrected chi connectivity index (χ3v) is 3.79. The summed E-state index contributed by atoms with van der Waals surface area (Å²) in [5.74, 6) is -0.787. The van der Waals surface area contributed by atoms with Gasteiger partial charge in [0.15, 0.2) is 5.78 Å². The molecule has 0 aliphatic rings. The van der Waals surface area contributed by atoms with Gasteiger partial charge in [0.05, 0.1) is 10.9 Å². The van der Waals surface area contributed by atoms with Crippen LogP contribution in [-0.2, 0) is 0 Å². The van der Waals surface area contributed by atoms with Crippen LogP contribution in [0.5, 0.6) is 0 Å². The summed E-state index contributed by atoms with van der Waals surface area (Å²) in [7, 11) is 0. The van der Waals surface area contributed by atoms with Crippen molar-refractivity contribution in [2.24, 2.45) is 0 Å². The van der Waals surface area contributed by atoms with Crippen LogP contribution in [0.15, 0.2) is 21.1 Å². The van der Waals surface area contributed by atoms with Crippen molar-refractivity contribution in [1.29, 1.82) is 0 Å². The van der Waals surface area contributed by atoms with E-state index in [9.17, 15) is 9.18 Å². The fourth-order valence-electron chi connectivity index (χ4n) is 0.808. The molecule has 0 fully saturated rings. The van der Waals surface area contributed by atoms with Gasteiger partial charge in [-0.1, -0.05) is 15.9 Å². The van der Waals surface area contributed by atoms with Gasteiger partial charge in [-0.05, 0) is 44.0 Å². The number of carbonyl (C=O) groups excluding carboxylic acids is 1. The molecule has 13 heavy (non-hydrogen) atoms. The molecule has 0 radical (unpaired) electrons. The Morgan fingerprint density at radius 2 is 1.85 bits per heavy atom. The molecular formula is C8H4Br3FO. The molecule has 5 heteroatoms. The summed E-state index contributed by atoms with van der Waals surface area (Å²) in [6.45, 7) is 0. The molecule has 0 N–H and O–H groups in total. The van der Waals surface area contributed by atoms with Crippen LogP contribution in [0, 0.1) is 5.82 Å². The van der Waals surface area contributed by atoms with Gasteiger partial charge in [-0.3, -0.25) is 4.79 Å². The Morgan fingerprint density at radius 1 is 1.31 bits per heavy atom. The lowest BCUT2D eigenvalue weighted by molar-refractivity contribution is 0.102. The van der Waals surface area contributed by atoms with Crippen molar-refractivity contribution in [3.63, 3.8) is 0 Å².